The predicted octanol–water partition coefficient (Wildman–Crippen LogP) is 4.29. The van der Waals surface area contributed by atoms with Gasteiger partial charge in [0.15, 0.2) is 0 Å². The van der Waals surface area contributed by atoms with Gasteiger partial charge in [0.2, 0.25) is 17.6 Å². The molecule has 0 saturated carbocycles. The van der Waals surface area contributed by atoms with Crippen LogP contribution in [0.1, 0.15) is 22.8 Å². The molecule has 30 heavy (non-hydrogen) atoms. The maximum absolute atomic E-state index is 13.4. The number of rotatable bonds is 6. The summed E-state index contributed by atoms with van der Waals surface area (Å²) in [5.74, 6) is 0.666. The van der Waals surface area contributed by atoms with Crippen LogP contribution in [0.5, 0.6) is 0 Å². The number of aromatic nitrogens is 2. The highest BCUT2D eigenvalue weighted by atomic mass is 79.9. The Labute approximate surface area is 186 Å². The molecule has 0 N–H and O–H groups in total. The zero-order valence-corrected chi connectivity index (χ0v) is 19.0. The molecule has 1 fully saturated rings. The summed E-state index contributed by atoms with van der Waals surface area (Å²) in [5, 5.41) is 3.96. The fourth-order valence-corrected chi connectivity index (χ4v) is 4.97. The van der Waals surface area contributed by atoms with Crippen molar-refractivity contribution in [2.45, 2.75) is 26.3 Å². The number of halogens is 2. The monoisotopic (exact) mass is 492 g/mol. The van der Waals surface area contributed by atoms with Gasteiger partial charge in [-0.1, -0.05) is 5.16 Å². The zero-order valence-electron chi connectivity index (χ0n) is 16.6. The largest absolute Gasteiger partial charge is 0.340 e. The summed E-state index contributed by atoms with van der Waals surface area (Å²) in [4.78, 5) is 22.5. The van der Waals surface area contributed by atoms with Crippen molar-refractivity contribution in [1.29, 1.82) is 0 Å². The molecule has 0 spiro atoms. The molecule has 0 bridgehead atoms. The Morgan fingerprint density at radius 2 is 2.03 bits per heavy atom. The van der Waals surface area contributed by atoms with Crippen molar-refractivity contribution in [1.82, 2.24) is 19.9 Å². The van der Waals surface area contributed by atoms with Gasteiger partial charge in [0.25, 0.3) is 0 Å². The fourth-order valence-electron chi connectivity index (χ4n) is 3.44. The van der Waals surface area contributed by atoms with E-state index in [1.54, 1.807) is 30.4 Å². The van der Waals surface area contributed by atoms with Gasteiger partial charge >= 0.3 is 0 Å². The number of aryl methyl sites for hydroxylation is 2. The van der Waals surface area contributed by atoms with Crippen molar-refractivity contribution in [3.8, 4) is 11.4 Å². The highest BCUT2D eigenvalue weighted by Crippen LogP contribution is 2.24. The number of carbonyl (C=O) groups is 1. The summed E-state index contributed by atoms with van der Waals surface area (Å²) in [6.07, 6.45) is 0.734. The van der Waals surface area contributed by atoms with Crippen molar-refractivity contribution in [3.63, 3.8) is 0 Å². The number of amides is 1. The third kappa shape index (κ3) is 5.14. The van der Waals surface area contributed by atoms with Gasteiger partial charge in [-0.2, -0.15) is 4.98 Å². The summed E-state index contributed by atoms with van der Waals surface area (Å²) in [5.41, 5.74) is 1.23. The topological polar surface area (TPSA) is 62.5 Å². The first-order valence-electron chi connectivity index (χ1n) is 9.81. The highest BCUT2D eigenvalue weighted by molar-refractivity contribution is 9.11. The predicted molar refractivity (Wildman–Crippen MR) is 117 cm³/mol. The molecule has 6 nitrogen and oxygen atoms in total. The maximum atomic E-state index is 13.4. The first-order chi connectivity index (χ1) is 14.5. The Bertz CT molecular complexity index is 1030. The van der Waals surface area contributed by atoms with Crippen molar-refractivity contribution in [2.24, 2.45) is 0 Å². The zero-order chi connectivity index (χ0) is 21.1. The third-order valence-corrected chi connectivity index (χ3v) is 6.78. The Hall–Kier alpha value is -2.10. The number of carbonyl (C=O) groups excluding carboxylic acids is 1. The van der Waals surface area contributed by atoms with E-state index < -0.39 is 0 Å². The van der Waals surface area contributed by atoms with E-state index in [0.717, 1.165) is 36.5 Å². The number of benzene rings is 1. The molecule has 1 aromatic carbocycles. The lowest BCUT2D eigenvalue weighted by Crippen LogP contribution is -2.48. The maximum Gasteiger partial charge on any atom is 0.227 e. The van der Waals surface area contributed by atoms with Gasteiger partial charge < -0.3 is 9.42 Å². The van der Waals surface area contributed by atoms with Crippen LogP contribution < -0.4 is 0 Å². The molecule has 0 atom stereocenters. The second kappa shape index (κ2) is 9.36. The summed E-state index contributed by atoms with van der Waals surface area (Å²) in [6, 6.07) is 8.90. The lowest BCUT2D eigenvalue weighted by atomic mass is 10.1. The molecule has 1 saturated heterocycles. The van der Waals surface area contributed by atoms with Crippen LogP contribution in [-0.4, -0.2) is 52.0 Å². The molecule has 1 aliphatic rings. The molecule has 4 rings (SSSR count). The average Bonchev–Trinajstić information content (AvgIpc) is 3.38. The number of hydrogen-bond acceptors (Lipinski definition) is 6. The van der Waals surface area contributed by atoms with Crippen LogP contribution in [0.4, 0.5) is 4.39 Å². The first-order valence-corrected chi connectivity index (χ1v) is 11.4. The summed E-state index contributed by atoms with van der Waals surface area (Å²) in [7, 11) is 0. The molecular weight excluding hydrogens is 471 g/mol. The van der Waals surface area contributed by atoms with Gasteiger partial charge in [0.05, 0.1) is 3.79 Å². The van der Waals surface area contributed by atoms with Crippen LogP contribution in [0.15, 0.2) is 38.6 Å². The summed E-state index contributed by atoms with van der Waals surface area (Å²) < 4.78 is 19.8. The molecule has 0 aliphatic carbocycles. The minimum Gasteiger partial charge on any atom is -0.340 e. The van der Waals surface area contributed by atoms with E-state index in [2.05, 4.69) is 43.1 Å². The van der Waals surface area contributed by atoms with Crippen molar-refractivity contribution in [3.05, 3.63) is 56.3 Å². The minimum absolute atomic E-state index is 0.103. The Morgan fingerprint density at radius 1 is 1.23 bits per heavy atom. The van der Waals surface area contributed by atoms with Crippen molar-refractivity contribution in [2.75, 3.05) is 26.2 Å². The van der Waals surface area contributed by atoms with E-state index >= 15 is 0 Å². The number of piperazine rings is 1. The Morgan fingerprint density at radius 3 is 2.73 bits per heavy atom. The minimum atomic E-state index is -0.267. The second-order valence-electron chi connectivity index (χ2n) is 7.34. The Balaban J connectivity index is 1.25. The van der Waals surface area contributed by atoms with E-state index in [-0.39, 0.29) is 11.7 Å². The van der Waals surface area contributed by atoms with Crippen LogP contribution in [0, 0.1) is 12.7 Å². The number of nitrogens with zero attached hydrogens (tertiary/aromatic N) is 4. The lowest BCUT2D eigenvalue weighted by Gasteiger charge is -2.34. The van der Waals surface area contributed by atoms with Gasteiger partial charge in [0, 0.05) is 56.0 Å². The molecule has 9 heteroatoms. The SMILES string of the molecule is Cc1cc(-c2noc(CCC(=O)N3CCN(Cc4ccc(Br)s4)CC3)n2)ccc1F. The van der Waals surface area contributed by atoms with Crippen LogP contribution in [-0.2, 0) is 17.8 Å². The van der Waals surface area contributed by atoms with Gasteiger partial charge in [-0.05, 0) is 58.7 Å². The van der Waals surface area contributed by atoms with Gasteiger partial charge in [-0.3, -0.25) is 9.69 Å². The van der Waals surface area contributed by atoms with Crippen LogP contribution in [0.3, 0.4) is 0 Å². The molecule has 1 amide bonds. The quantitative estimate of drug-likeness (QED) is 0.513. The molecule has 3 aromatic rings. The van der Waals surface area contributed by atoms with Crippen LogP contribution >= 0.6 is 27.3 Å². The number of thiophene rings is 1. The Kier molecular flexibility index (Phi) is 6.60. The normalized spacial score (nSPS) is 15.0. The molecule has 0 unspecified atom stereocenters. The van der Waals surface area contributed by atoms with Crippen molar-refractivity contribution < 1.29 is 13.7 Å². The molecular formula is C21H22BrFN4O2S. The van der Waals surface area contributed by atoms with E-state index in [4.69, 9.17) is 4.52 Å². The summed E-state index contributed by atoms with van der Waals surface area (Å²) in [6.45, 7) is 5.82. The van der Waals surface area contributed by atoms with Crippen LogP contribution in [0.25, 0.3) is 11.4 Å². The number of hydrogen-bond donors (Lipinski definition) is 0. The first kappa shape index (κ1) is 21.1. The smallest absolute Gasteiger partial charge is 0.227 e. The third-order valence-electron chi connectivity index (χ3n) is 5.17. The molecule has 1 aliphatic heterocycles. The molecule has 0 radical (unpaired) electrons. The van der Waals surface area contributed by atoms with Gasteiger partial charge in [0.1, 0.15) is 5.82 Å². The second-order valence-corrected chi connectivity index (χ2v) is 9.89. The van der Waals surface area contributed by atoms with E-state index in [0.29, 0.717) is 35.7 Å². The highest BCUT2D eigenvalue weighted by Gasteiger charge is 2.22. The van der Waals surface area contributed by atoms with E-state index in [9.17, 15) is 9.18 Å². The molecule has 3 heterocycles. The van der Waals surface area contributed by atoms with E-state index in [1.165, 1.54) is 10.9 Å². The average molecular weight is 493 g/mol. The molecule has 158 valence electrons. The van der Waals surface area contributed by atoms with Gasteiger partial charge in [-0.15, -0.1) is 11.3 Å². The molecule has 2 aromatic heterocycles. The van der Waals surface area contributed by atoms with E-state index in [1.807, 2.05) is 4.90 Å². The van der Waals surface area contributed by atoms with Crippen LogP contribution in [0.2, 0.25) is 0 Å². The summed E-state index contributed by atoms with van der Waals surface area (Å²) >= 11 is 5.25. The lowest BCUT2D eigenvalue weighted by molar-refractivity contribution is -0.133. The van der Waals surface area contributed by atoms with Crippen molar-refractivity contribution >= 4 is 33.2 Å². The fraction of sp³-hybridized carbons (Fsp3) is 0.381. The standard InChI is InChI=1S/C21H22BrFN4O2S/c1-14-12-15(2-4-17(14)23)21-24-19(29-25-21)6-7-20(28)27-10-8-26(9-11-27)13-16-3-5-18(22)30-16/h2-5,12H,6-11,13H2,1H3. The van der Waals surface area contributed by atoms with Gasteiger partial charge in [-0.25, -0.2) is 4.39 Å².